The second-order valence-corrected chi connectivity index (χ2v) is 45.7. The monoisotopic (exact) mass is 1870 g/mol. The van der Waals surface area contributed by atoms with Gasteiger partial charge in [-0.3, -0.25) is 29.3 Å². The molecule has 1 N–H and O–H groups in total. The highest BCUT2D eigenvalue weighted by atomic mass is 19.1. The molecular formula is C111H177FN12O11. The van der Waals surface area contributed by atoms with E-state index in [0.29, 0.717) is 18.7 Å². The van der Waals surface area contributed by atoms with Gasteiger partial charge in [-0.05, 0) is 186 Å². The quantitative estimate of drug-likeness (QED) is 0.0724. The van der Waals surface area contributed by atoms with Gasteiger partial charge in [0.1, 0.15) is 41.2 Å². The number of hydrogen-bond donors (Lipinski definition) is 1. The first-order chi connectivity index (χ1) is 63.5. The first-order valence-electron chi connectivity index (χ1n) is 50.1. The Balaban J connectivity index is 0.000000168. The smallest absolute Gasteiger partial charge is 0.219 e. The van der Waals surface area contributed by atoms with Crippen molar-refractivity contribution < 1.29 is 56.9 Å². The third kappa shape index (κ3) is 30.0. The fourth-order valence-electron chi connectivity index (χ4n) is 18.9. The number of aliphatic hydroxyl groups excluding tert-OH is 1. The van der Waals surface area contributed by atoms with Crippen LogP contribution >= 0.6 is 0 Å². The molecule has 6 aromatic rings. The van der Waals surface area contributed by atoms with Crippen molar-refractivity contribution in [2.75, 3.05) is 276 Å². The normalized spacial score (nSPS) is 19.9. The van der Waals surface area contributed by atoms with Crippen LogP contribution in [0.5, 0.6) is 34.5 Å². The van der Waals surface area contributed by atoms with Crippen molar-refractivity contribution in [3.63, 3.8) is 0 Å². The molecule has 0 aromatic heterocycles. The first kappa shape index (κ1) is 109. The molecule has 135 heavy (non-hydrogen) atoms. The van der Waals surface area contributed by atoms with Crippen LogP contribution in [-0.4, -0.2) is 322 Å². The number of rotatable bonds is 21. The molecule has 0 bridgehead atoms. The summed E-state index contributed by atoms with van der Waals surface area (Å²) in [6.45, 7) is 77.7. The Morgan fingerprint density at radius 3 is 1.01 bits per heavy atom. The highest BCUT2D eigenvalue weighted by molar-refractivity contribution is 5.74. The van der Waals surface area contributed by atoms with Gasteiger partial charge < -0.3 is 82.0 Å². The van der Waals surface area contributed by atoms with E-state index in [-0.39, 0.29) is 68.3 Å². The molecule has 6 aromatic carbocycles. The number of aliphatic hydroxyl groups is 1. The predicted molar refractivity (Wildman–Crippen MR) is 558 cm³/mol. The van der Waals surface area contributed by atoms with Gasteiger partial charge in [0.05, 0.1) is 140 Å². The largest absolute Gasteiger partial charge is 0.495 e. The molecule has 1 saturated carbocycles. The van der Waals surface area contributed by atoms with E-state index in [4.69, 9.17) is 42.6 Å². The number of amides is 1. The maximum absolute atomic E-state index is 13.1. The average Bonchev–Trinajstić information content (AvgIpc) is 1.16. The standard InChI is InChI=1S/2C20H32N2O2.C19H30N2O2.C18H30N2O2.C17H27FN2O.C17H26N2O2/c1-19(2,3)15-7-8-17(18(11-15)23-6)21-9-10-22(16-12-24-13-16)20(4,5)14-21;1-20(2,3)16-5-8-18(19(15-16)23-4)22-11-9-21(10-12-22)13-14-24-17-6-7-17;1-18(2,3)15-6-7-16(17(12-15)22-5)20-8-10-21(11-9-20)19(4)13-23-14-19;1-14(21)13-19-8-10-20(11-9-19)16-7-6-15(18(2,3)4)12-17(16)22-5;1-17(2,3)13-6-7-15(16(10-13)21-5)20-9-8-19(4)14(11-18)12-20;1-13(20)18-8-10-19(11-9-18)15-7-6-14(17(2,3)4)12-16(15)21-5/h7-8,11,16H,9-10,12-14H2,1-6H3;5,8,15,17H,6-7,9-14H2,1-4H3;6-7,12H,8-11,13-14H2,1-5H3;6-7,12,14,21H,8-11,13H2,1-5H3;6-7,10,14H,8-9,11-12H2,1-5H3;6-7,12H,8-11H2,1-5H3. The summed E-state index contributed by atoms with van der Waals surface area (Å²) in [5, 5.41) is 9.50. The zero-order chi connectivity index (χ0) is 98.9. The second-order valence-electron chi connectivity index (χ2n) is 45.7. The molecule has 8 aliphatic heterocycles. The lowest BCUT2D eigenvalue weighted by molar-refractivity contribution is -0.131. The summed E-state index contributed by atoms with van der Waals surface area (Å²) >= 11 is 0. The lowest BCUT2D eigenvalue weighted by Crippen LogP contribution is -2.66. The van der Waals surface area contributed by atoms with E-state index >= 15 is 0 Å². The van der Waals surface area contributed by atoms with E-state index < -0.39 is 0 Å². The van der Waals surface area contributed by atoms with Crippen molar-refractivity contribution in [3.8, 4) is 34.5 Å². The summed E-state index contributed by atoms with van der Waals surface area (Å²) in [5.41, 5.74) is 15.9. The molecule has 8 saturated heterocycles. The van der Waals surface area contributed by atoms with E-state index in [1.165, 1.54) is 69.0 Å². The zero-order valence-corrected chi connectivity index (χ0v) is 89.1. The topological polar surface area (TPSA) is 159 Å². The molecular weight excluding hydrogens is 1700 g/mol. The van der Waals surface area contributed by atoms with Crippen LogP contribution in [0, 0.1) is 0 Å². The molecule has 24 heteroatoms. The number of ether oxygens (including phenoxy) is 9. The van der Waals surface area contributed by atoms with Crippen LogP contribution in [0.4, 0.5) is 38.5 Å². The Morgan fingerprint density at radius 1 is 0.422 bits per heavy atom. The number of carbonyl (C=O) groups is 1. The summed E-state index contributed by atoms with van der Waals surface area (Å²) in [7, 11) is 12.5. The molecule has 15 rings (SSSR count). The van der Waals surface area contributed by atoms with Crippen molar-refractivity contribution in [1.29, 1.82) is 0 Å². The Bertz CT molecular complexity index is 4670. The van der Waals surface area contributed by atoms with Crippen LogP contribution in [0.3, 0.4) is 0 Å². The Kier molecular flexibility index (Phi) is 38.2. The molecule has 2 unspecified atom stereocenters. The van der Waals surface area contributed by atoms with Gasteiger partial charge in [0.2, 0.25) is 5.91 Å². The minimum Gasteiger partial charge on any atom is -0.495 e. The fraction of sp³-hybridized carbons (Fsp3) is 0.667. The van der Waals surface area contributed by atoms with Crippen LogP contribution in [0.2, 0.25) is 0 Å². The molecule has 1 aliphatic carbocycles. The summed E-state index contributed by atoms with van der Waals surface area (Å²) in [4.78, 5) is 39.7. The van der Waals surface area contributed by atoms with Gasteiger partial charge >= 0.3 is 0 Å². The number of anilines is 6. The SMILES string of the molecule is COc1cc(C(C)(C)C)ccc1N1CCN(C(C)=O)CC1.COc1cc(C(C)(C)C)ccc1N1CCN(C)C(CF)C1.COc1cc(C(C)(C)C)ccc1N1CCN(C2(C)COC2)CC1.COc1cc(C(C)(C)C)ccc1N1CCN(C2COC2)C(C)(C)C1.COc1cc(C(C)(C)C)ccc1N1CCN(CC(C)O)CC1.COc1cc(C(C)(C)C)ccc1N1CCN(CCOC2CC2)CC1. The number of piperazine rings is 6. The molecule has 9 aliphatic rings. The van der Waals surface area contributed by atoms with Gasteiger partial charge in [0, 0.05) is 170 Å². The number of likely N-dealkylation sites (N-methyl/N-ethyl adjacent to an activating group) is 1. The number of carbonyl (C=O) groups excluding carboxylic acids is 1. The number of alkyl halides is 1. The molecule has 2 atom stereocenters. The van der Waals surface area contributed by atoms with Gasteiger partial charge in [-0.15, -0.1) is 0 Å². The van der Waals surface area contributed by atoms with Gasteiger partial charge in [0.25, 0.3) is 0 Å². The minimum atomic E-state index is -0.310. The Morgan fingerprint density at radius 2 is 0.733 bits per heavy atom. The molecule has 1 amide bonds. The van der Waals surface area contributed by atoms with Crippen molar-refractivity contribution in [1.82, 2.24) is 29.4 Å². The summed E-state index contributed by atoms with van der Waals surface area (Å²) in [6, 6.07) is 40.0. The molecule has 754 valence electrons. The van der Waals surface area contributed by atoms with Crippen molar-refractivity contribution in [2.45, 2.75) is 240 Å². The van der Waals surface area contributed by atoms with Crippen LogP contribution in [-0.2, 0) is 51.5 Å². The molecule has 0 spiro atoms. The lowest BCUT2D eigenvalue weighted by Gasteiger charge is -2.53. The second kappa shape index (κ2) is 47.3. The van der Waals surface area contributed by atoms with E-state index in [1.807, 2.05) is 18.9 Å². The fourth-order valence-corrected chi connectivity index (χ4v) is 18.9. The highest BCUT2D eigenvalue weighted by Crippen LogP contribution is 2.43. The summed E-state index contributed by atoms with van der Waals surface area (Å²) < 4.78 is 63.6. The maximum Gasteiger partial charge on any atom is 0.219 e. The minimum absolute atomic E-state index is 0.0363. The zero-order valence-electron chi connectivity index (χ0n) is 89.1. The maximum atomic E-state index is 13.1. The van der Waals surface area contributed by atoms with Gasteiger partial charge in [-0.2, -0.15) is 0 Å². The van der Waals surface area contributed by atoms with Gasteiger partial charge in [-0.25, -0.2) is 4.39 Å². The molecule has 23 nitrogen and oxygen atoms in total. The molecule has 8 heterocycles. The van der Waals surface area contributed by atoms with E-state index in [9.17, 15) is 14.3 Å². The number of nitrogens with zero attached hydrogens (tertiary/aromatic N) is 12. The van der Waals surface area contributed by atoms with E-state index in [2.05, 4.69) is 308 Å². The van der Waals surface area contributed by atoms with Crippen molar-refractivity contribution in [2.24, 2.45) is 0 Å². The average molecular weight is 1870 g/mol. The van der Waals surface area contributed by atoms with Crippen molar-refractivity contribution >= 4 is 40.0 Å². The highest BCUT2D eigenvalue weighted by Gasteiger charge is 2.43. The number of methoxy groups -OCH3 is 6. The Labute approximate surface area is 814 Å². The van der Waals surface area contributed by atoms with E-state index in [0.717, 1.165) is 229 Å². The van der Waals surface area contributed by atoms with Crippen LogP contribution in [0.15, 0.2) is 109 Å². The third-order valence-electron chi connectivity index (χ3n) is 28.4. The number of benzene rings is 6. The number of halogens is 1. The van der Waals surface area contributed by atoms with Crippen LogP contribution < -0.4 is 57.8 Å². The van der Waals surface area contributed by atoms with Crippen LogP contribution in [0.25, 0.3) is 0 Å². The first-order valence-corrected chi connectivity index (χ1v) is 50.1. The van der Waals surface area contributed by atoms with Crippen LogP contribution in [0.1, 0.15) is 205 Å². The van der Waals surface area contributed by atoms with E-state index in [1.54, 1.807) is 49.6 Å². The molecule has 9 fully saturated rings. The molecule has 0 radical (unpaired) electrons. The van der Waals surface area contributed by atoms with Crippen molar-refractivity contribution in [3.05, 3.63) is 143 Å². The Hall–Kier alpha value is -8.04. The number of β-amino-alcohol motifs (C(OH)–C–C–N with tert-alkyl or cyclic N) is 1. The lowest BCUT2D eigenvalue weighted by atomic mass is 9.86. The van der Waals surface area contributed by atoms with Gasteiger partial charge in [0.15, 0.2) is 0 Å². The predicted octanol–water partition coefficient (Wildman–Crippen LogP) is 17.7. The summed E-state index contributed by atoms with van der Waals surface area (Å²) in [6.07, 6.45) is 2.83. The number of hydrogen-bond acceptors (Lipinski definition) is 22. The summed E-state index contributed by atoms with van der Waals surface area (Å²) in [5.74, 6) is 5.88. The third-order valence-corrected chi connectivity index (χ3v) is 28.4. The van der Waals surface area contributed by atoms with Gasteiger partial charge in [-0.1, -0.05) is 161 Å².